The maximum Gasteiger partial charge on any atom is 0.224 e. The van der Waals surface area contributed by atoms with Crippen molar-refractivity contribution < 1.29 is 0 Å². The molecule has 0 spiro atoms. The fourth-order valence-corrected chi connectivity index (χ4v) is 1.89. The van der Waals surface area contributed by atoms with Gasteiger partial charge in [-0.05, 0) is 25.3 Å². The molecule has 0 amide bonds. The standard InChI is InChI=1S/C14H21N5/c1-4-8-15-14-16-9-7-13(17-14)19-12(6-3)10-11(5-2)18-19/h7,9-10H,4-6,8H2,1-3H3,(H,15,16,17). The summed E-state index contributed by atoms with van der Waals surface area (Å²) in [5.41, 5.74) is 2.27. The summed E-state index contributed by atoms with van der Waals surface area (Å²) in [6, 6.07) is 4.03. The fraction of sp³-hybridized carbons (Fsp3) is 0.500. The molecule has 0 aliphatic rings. The third-order valence-corrected chi connectivity index (χ3v) is 2.95. The van der Waals surface area contributed by atoms with Crippen molar-refractivity contribution in [1.82, 2.24) is 19.7 Å². The van der Waals surface area contributed by atoms with E-state index in [1.165, 1.54) is 5.69 Å². The molecule has 0 aromatic carbocycles. The van der Waals surface area contributed by atoms with Crippen molar-refractivity contribution in [3.05, 3.63) is 29.7 Å². The number of hydrogen-bond donors (Lipinski definition) is 1. The van der Waals surface area contributed by atoms with Gasteiger partial charge in [0, 0.05) is 24.5 Å². The number of anilines is 1. The molecule has 0 fully saturated rings. The molecular formula is C14H21N5. The first-order valence-electron chi connectivity index (χ1n) is 6.93. The van der Waals surface area contributed by atoms with Crippen molar-refractivity contribution in [3.8, 4) is 5.82 Å². The maximum atomic E-state index is 4.59. The molecule has 0 aliphatic heterocycles. The van der Waals surface area contributed by atoms with Crippen LogP contribution in [0.3, 0.4) is 0 Å². The summed E-state index contributed by atoms with van der Waals surface area (Å²) in [7, 11) is 0. The Bertz CT molecular complexity index is 532. The fourth-order valence-electron chi connectivity index (χ4n) is 1.89. The zero-order chi connectivity index (χ0) is 13.7. The number of rotatable bonds is 6. The van der Waals surface area contributed by atoms with Crippen LogP contribution in [0.1, 0.15) is 38.6 Å². The van der Waals surface area contributed by atoms with Crippen LogP contribution in [0.25, 0.3) is 5.82 Å². The van der Waals surface area contributed by atoms with Crippen LogP contribution in [0.4, 0.5) is 5.95 Å². The van der Waals surface area contributed by atoms with Crippen LogP contribution in [-0.4, -0.2) is 26.3 Å². The lowest BCUT2D eigenvalue weighted by Gasteiger charge is -2.07. The molecule has 0 saturated heterocycles. The molecule has 0 bridgehead atoms. The summed E-state index contributed by atoms with van der Waals surface area (Å²) in [5.74, 6) is 1.49. The van der Waals surface area contributed by atoms with Gasteiger partial charge >= 0.3 is 0 Å². The van der Waals surface area contributed by atoms with E-state index in [9.17, 15) is 0 Å². The number of nitrogens with zero attached hydrogens (tertiary/aromatic N) is 4. The first-order valence-corrected chi connectivity index (χ1v) is 6.93. The minimum absolute atomic E-state index is 0.662. The molecule has 1 N–H and O–H groups in total. The van der Waals surface area contributed by atoms with Crippen molar-refractivity contribution in [3.63, 3.8) is 0 Å². The Morgan fingerprint density at radius 1 is 1.21 bits per heavy atom. The second-order valence-electron chi connectivity index (χ2n) is 4.41. The van der Waals surface area contributed by atoms with Crippen molar-refractivity contribution in [2.75, 3.05) is 11.9 Å². The second-order valence-corrected chi connectivity index (χ2v) is 4.41. The molecule has 2 aromatic rings. The molecule has 0 atom stereocenters. The smallest absolute Gasteiger partial charge is 0.224 e. The molecule has 0 radical (unpaired) electrons. The summed E-state index contributed by atoms with van der Waals surface area (Å²) >= 11 is 0. The van der Waals surface area contributed by atoms with E-state index in [2.05, 4.69) is 47.2 Å². The summed E-state index contributed by atoms with van der Waals surface area (Å²) in [6.45, 7) is 7.24. The molecule has 19 heavy (non-hydrogen) atoms. The van der Waals surface area contributed by atoms with Crippen LogP contribution in [0.2, 0.25) is 0 Å². The van der Waals surface area contributed by atoms with Crippen LogP contribution in [0.5, 0.6) is 0 Å². The Hall–Kier alpha value is -1.91. The van der Waals surface area contributed by atoms with Gasteiger partial charge < -0.3 is 5.32 Å². The molecular weight excluding hydrogens is 238 g/mol. The van der Waals surface area contributed by atoms with Gasteiger partial charge in [-0.25, -0.2) is 9.67 Å². The first kappa shape index (κ1) is 13.5. The quantitative estimate of drug-likeness (QED) is 0.866. The lowest BCUT2D eigenvalue weighted by molar-refractivity contribution is 0.768. The average Bonchev–Trinajstić information content (AvgIpc) is 2.89. The third kappa shape index (κ3) is 3.10. The van der Waals surface area contributed by atoms with Gasteiger partial charge in [-0.2, -0.15) is 10.1 Å². The van der Waals surface area contributed by atoms with E-state index in [-0.39, 0.29) is 0 Å². The highest BCUT2D eigenvalue weighted by molar-refractivity contribution is 5.33. The first-order chi connectivity index (χ1) is 9.28. The largest absolute Gasteiger partial charge is 0.354 e. The maximum absolute atomic E-state index is 4.59. The van der Waals surface area contributed by atoms with Gasteiger partial charge in [0.25, 0.3) is 0 Å². The van der Waals surface area contributed by atoms with E-state index in [4.69, 9.17) is 0 Å². The topological polar surface area (TPSA) is 55.6 Å². The van der Waals surface area contributed by atoms with Crippen molar-refractivity contribution >= 4 is 5.95 Å². The van der Waals surface area contributed by atoms with Crippen LogP contribution in [-0.2, 0) is 12.8 Å². The van der Waals surface area contributed by atoms with E-state index < -0.39 is 0 Å². The van der Waals surface area contributed by atoms with Crippen LogP contribution >= 0.6 is 0 Å². The van der Waals surface area contributed by atoms with E-state index in [1.807, 2.05) is 10.7 Å². The minimum Gasteiger partial charge on any atom is -0.354 e. The zero-order valence-corrected chi connectivity index (χ0v) is 11.8. The van der Waals surface area contributed by atoms with E-state index in [1.54, 1.807) is 6.20 Å². The monoisotopic (exact) mass is 259 g/mol. The van der Waals surface area contributed by atoms with E-state index >= 15 is 0 Å². The Labute approximate surface area is 114 Å². The normalized spacial score (nSPS) is 10.7. The molecule has 2 rings (SSSR count). The lowest BCUT2D eigenvalue weighted by Crippen LogP contribution is -2.09. The Balaban J connectivity index is 2.32. The van der Waals surface area contributed by atoms with Crippen LogP contribution in [0, 0.1) is 0 Å². The molecule has 2 heterocycles. The van der Waals surface area contributed by atoms with E-state index in [0.717, 1.165) is 37.3 Å². The molecule has 102 valence electrons. The van der Waals surface area contributed by atoms with Gasteiger partial charge in [0.1, 0.15) is 0 Å². The second kappa shape index (κ2) is 6.31. The van der Waals surface area contributed by atoms with Gasteiger partial charge in [0.2, 0.25) is 5.95 Å². The van der Waals surface area contributed by atoms with Crippen molar-refractivity contribution in [2.45, 2.75) is 40.0 Å². The molecule has 5 heteroatoms. The minimum atomic E-state index is 0.662. The Kier molecular flexibility index (Phi) is 4.49. The molecule has 2 aromatic heterocycles. The summed E-state index contributed by atoms with van der Waals surface area (Å²) in [4.78, 5) is 8.74. The third-order valence-electron chi connectivity index (χ3n) is 2.95. The van der Waals surface area contributed by atoms with Crippen molar-refractivity contribution in [1.29, 1.82) is 0 Å². The molecule has 0 unspecified atom stereocenters. The predicted molar refractivity (Wildman–Crippen MR) is 76.7 cm³/mol. The van der Waals surface area contributed by atoms with Crippen molar-refractivity contribution in [2.24, 2.45) is 0 Å². The SMILES string of the molecule is CCCNc1nccc(-n2nc(CC)cc2CC)n1. The number of aromatic nitrogens is 4. The predicted octanol–water partition coefficient (Wildman–Crippen LogP) is 2.61. The molecule has 0 saturated carbocycles. The highest BCUT2D eigenvalue weighted by Crippen LogP contribution is 2.13. The average molecular weight is 259 g/mol. The van der Waals surface area contributed by atoms with Crippen LogP contribution in [0.15, 0.2) is 18.3 Å². The Morgan fingerprint density at radius 3 is 2.74 bits per heavy atom. The molecule has 0 aliphatic carbocycles. The van der Waals surface area contributed by atoms with Gasteiger partial charge in [-0.3, -0.25) is 0 Å². The highest BCUT2D eigenvalue weighted by Gasteiger charge is 2.09. The summed E-state index contributed by atoms with van der Waals surface area (Å²) in [6.07, 6.45) is 4.70. The van der Waals surface area contributed by atoms with Crippen LogP contribution < -0.4 is 5.32 Å². The molecule has 5 nitrogen and oxygen atoms in total. The summed E-state index contributed by atoms with van der Waals surface area (Å²) in [5, 5.41) is 7.79. The summed E-state index contributed by atoms with van der Waals surface area (Å²) < 4.78 is 1.91. The van der Waals surface area contributed by atoms with Gasteiger partial charge in [-0.15, -0.1) is 0 Å². The Morgan fingerprint density at radius 2 is 2.05 bits per heavy atom. The lowest BCUT2D eigenvalue weighted by atomic mass is 10.2. The van der Waals surface area contributed by atoms with E-state index in [0.29, 0.717) is 5.95 Å². The van der Waals surface area contributed by atoms with Gasteiger partial charge in [-0.1, -0.05) is 20.8 Å². The number of hydrogen-bond acceptors (Lipinski definition) is 4. The highest BCUT2D eigenvalue weighted by atomic mass is 15.3. The number of aryl methyl sites for hydroxylation is 2. The zero-order valence-electron chi connectivity index (χ0n) is 11.8. The van der Waals surface area contributed by atoms with Gasteiger partial charge in [0.15, 0.2) is 5.82 Å². The van der Waals surface area contributed by atoms with Gasteiger partial charge in [0.05, 0.1) is 5.69 Å². The number of nitrogens with one attached hydrogen (secondary N) is 1.